The molecule has 0 unspecified atom stereocenters. The zero-order valence-electron chi connectivity index (χ0n) is 15.8. The molecule has 30 heavy (non-hydrogen) atoms. The summed E-state index contributed by atoms with van der Waals surface area (Å²) in [6.45, 7) is -0.842. The maximum absolute atomic E-state index is 12.7. The molecule has 0 saturated carbocycles. The highest BCUT2D eigenvalue weighted by molar-refractivity contribution is 6.05. The molecular formula is C20H19F3N2O5. The van der Waals surface area contributed by atoms with E-state index in [0.717, 1.165) is 23.1 Å². The largest absolute Gasteiger partial charge is 0.456 e. The fraction of sp³-hybridized carbons (Fsp3) is 0.400. The van der Waals surface area contributed by atoms with Gasteiger partial charge in [-0.15, -0.1) is 0 Å². The number of hydrogen-bond donors (Lipinski definition) is 1. The van der Waals surface area contributed by atoms with Crippen LogP contribution < -0.4 is 5.32 Å². The maximum Gasteiger partial charge on any atom is 0.416 e. The van der Waals surface area contributed by atoms with Gasteiger partial charge in [-0.3, -0.25) is 24.1 Å². The third kappa shape index (κ3) is 4.87. The smallest absolute Gasteiger partial charge is 0.416 e. The Morgan fingerprint density at radius 1 is 1.10 bits per heavy atom. The Bertz CT molecular complexity index is 871. The highest BCUT2D eigenvalue weighted by atomic mass is 19.4. The van der Waals surface area contributed by atoms with Gasteiger partial charge in [0.2, 0.25) is 11.8 Å². The predicted octanol–water partition coefficient (Wildman–Crippen LogP) is 2.53. The molecule has 0 radical (unpaired) electrons. The molecular weight excluding hydrogens is 405 g/mol. The Morgan fingerprint density at radius 2 is 1.73 bits per heavy atom. The van der Waals surface area contributed by atoms with Crippen molar-refractivity contribution in [2.24, 2.45) is 11.8 Å². The molecule has 0 spiro atoms. The number of fused-ring (bicyclic) bond motifs is 1. The minimum absolute atomic E-state index is 0.0876. The number of hydrogen-bond acceptors (Lipinski definition) is 5. The van der Waals surface area contributed by atoms with Crippen molar-refractivity contribution in [3.63, 3.8) is 0 Å². The maximum atomic E-state index is 12.7. The van der Waals surface area contributed by atoms with Crippen LogP contribution in [-0.2, 0) is 30.1 Å². The van der Waals surface area contributed by atoms with E-state index in [2.05, 4.69) is 5.32 Å². The Morgan fingerprint density at radius 3 is 2.33 bits per heavy atom. The quantitative estimate of drug-likeness (QED) is 0.430. The highest BCUT2D eigenvalue weighted by Gasteiger charge is 2.46. The van der Waals surface area contributed by atoms with Crippen molar-refractivity contribution in [2.75, 3.05) is 18.5 Å². The highest BCUT2D eigenvalue weighted by Crippen LogP contribution is 2.35. The van der Waals surface area contributed by atoms with Crippen LogP contribution >= 0.6 is 0 Å². The van der Waals surface area contributed by atoms with Crippen LogP contribution in [0.25, 0.3) is 0 Å². The number of amides is 3. The van der Waals surface area contributed by atoms with Gasteiger partial charge >= 0.3 is 12.1 Å². The number of allylic oxidation sites excluding steroid dienone is 2. The van der Waals surface area contributed by atoms with E-state index in [1.165, 1.54) is 6.07 Å². The number of carbonyl (C=O) groups excluding carboxylic acids is 4. The Labute approximate surface area is 169 Å². The SMILES string of the molecule is O=C(COC(=O)CCN1C(=O)[C@H]2CC=CC[C@@H]2C1=O)Nc1cccc(C(F)(F)F)c1. The first kappa shape index (κ1) is 21.5. The molecule has 1 saturated heterocycles. The minimum atomic E-state index is -4.55. The van der Waals surface area contributed by atoms with Gasteiger partial charge in [-0.1, -0.05) is 18.2 Å². The fourth-order valence-electron chi connectivity index (χ4n) is 3.48. The third-order valence-electron chi connectivity index (χ3n) is 4.98. The van der Waals surface area contributed by atoms with Crippen LogP contribution in [0.15, 0.2) is 36.4 Å². The number of imide groups is 1. The number of esters is 1. The number of likely N-dealkylation sites (tertiary alicyclic amines) is 1. The predicted molar refractivity (Wildman–Crippen MR) is 97.7 cm³/mol. The summed E-state index contributed by atoms with van der Waals surface area (Å²) in [5, 5.41) is 2.21. The Balaban J connectivity index is 1.44. The number of carbonyl (C=O) groups is 4. The molecule has 1 aliphatic carbocycles. The van der Waals surface area contributed by atoms with E-state index >= 15 is 0 Å². The molecule has 1 heterocycles. The second-order valence-corrected chi connectivity index (χ2v) is 7.02. The molecule has 0 aromatic heterocycles. The summed E-state index contributed by atoms with van der Waals surface area (Å²) in [4.78, 5) is 49.3. The minimum Gasteiger partial charge on any atom is -0.456 e. The van der Waals surface area contributed by atoms with Gasteiger partial charge in [0.15, 0.2) is 6.61 Å². The standard InChI is InChI=1S/C20H19F3N2O5/c21-20(22,23)12-4-3-5-13(10-12)24-16(26)11-30-17(27)8-9-25-18(28)14-6-1-2-7-15(14)19(25)29/h1-5,10,14-15H,6-9,11H2,(H,24,26)/t14-,15-/m0/s1. The summed E-state index contributed by atoms with van der Waals surface area (Å²) in [5.74, 6) is -3.03. The average molecular weight is 424 g/mol. The second-order valence-electron chi connectivity index (χ2n) is 7.02. The van der Waals surface area contributed by atoms with Crippen LogP contribution in [0.1, 0.15) is 24.8 Å². The molecule has 2 atom stereocenters. The monoisotopic (exact) mass is 424 g/mol. The number of anilines is 1. The van der Waals surface area contributed by atoms with Crippen molar-refractivity contribution in [3.8, 4) is 0 Å². The molecule has 0 bridgehead atoms. The van der Waals surface area contributed by atoms with Crippen molar-refractivity contribution >= 4 is 29.4 Å². The molecule has 160 valence electrons. The summed E-state index contributed by atoms with van der Waals surface area (Å²) >= 11 is 0. The number of benzene rings is 1. The number of ether oxygens (including phenoxy) is 1. The van der Waals surface area contributed by atoms with Gasteiger partial charge < -0.3 is 10.1 Å². The number of rotatable bonds is 6. The fourth-order valence-corrected chi connectivity index (χ4v) is 3.48. The van der Waals surface area contributed by atoms with E-state index in [-0.39, 0.29) is 30.5 Å². The summed E-state index contributed by atoms with van der Waals surface area (Å²) in [5.41, 5.74) is -1.01. The van der Waals surface area contributed by atoms with E-state index in [0.29, 0.717) is 12.8 Å². The first-order valence-electron chi connectivity index (χ1n) is 9.30. The van der Waals surface area contributed by atoms with Crippen LogP contribution in [0, 0.1) is 11.8 Å². The van der Waals surface area contributed by atoms with Gasteiger partial charge in [0.25, 0.3) is 5.91 Å². The van der Waals surface area contributed by atoms with E-state index in [9.17, 15) is 32.3 Å². The number of nitrogens with zero attached hydrogens (tertiary/aromatic N) is 1. The van der Waals surface area contributed by atoms with Crippen molar-refractivity contribution in [1.82, 2.24) is 4.90 Å². The van der Waals surface area contributed by atoms with Gasteiger partial charge in [-0.25, -0.2) is 0 Å². The molecule has 1 N–H and O–H groups in total. The normalized spacial score (nSPS) is 20.8. The molecule has 3 amide bonds. The van der Waals surface area contributed by atoms with Gasteiger partial charge in [-0.05, 0) is 31.0 Å². The first-order chi connectivity index (χ1) is 14.2. The molecule has 1 fully saturated rings. The van der Waals surface area contributed by atoms with Gasteiger partial charge in [-0.2, -0.15) is 13.2 Å². The number of alkyl halides is 3. The van der Waals surface area contributed by atoms with Gasteiger partial charge in [0.05, 0.1) is 23.8 Å². The molecule has 2 aliphatic rings. The molecule has 3 rings (SSSR count). The van der Waals surface area contributed by atoms with Crippen molar-refractivity contribution < 1.29 is 37.1 Å². The molecule has 1 aliphatic heterocycles. The lowest BCUT2D eigenvalue weighted by atomic mass is 9.85. The zero-order chi connectivity index (χ0) is 21.9. The summed E-state index contributed by atoms with van der Waals surface area (Å²) < 4.78 is 42.8. The van der Waals surface area contributed by atoms with Crippen LogP contribution in [0.2, 0.25) is 0 Å². The van der Waals surface area contributed by atoms with E-state index in [1.54, 1.807) is 0 Å². The lowest BCUT2D eigenvalue weighted by Crippen LogP contribution is -2.33. The van der Waals surface area contributed by atoms with Crippen molar-refractivity contribution in [1.29, 1.82) is 0 Å². The molecule has 7 nitrogen and oxygen atoms in total. The lowest BCUT2D eigenvalue weighted by Gasteiger charge is -2.14. The Kier molecular flexibility index (Phi) is 6.23. The number of nitrogens with one attached hydrogen (secondary N) is 1. The summed E-state index contributed by atoms with van der Waals surface area (Å²) in [7, 11) is 0. The topological polar surface area (TPSA) is 92.8 Å². The summed E-state index contributed by atoms with van der Waals surface area (Å²) in [6, 6.07) is 4.04. The van der Waals surface area contributed by atoms with Crippen LogP contribution in [0.4, 0.5) is 18.9 Å². The van der Waals surface area contributed by atoms with E-state index in [4.69, 9.17) is 4.74 Å². The zero-order valence-corrected chi connectivity index (χ0v) is 15.8. The van der Waals surface area contributed by atoms with Gasteiger partial charge in [0, 0.05) is 12.2 Å². The number of halogens is 3. The molecule has 1 aromatic rings. The molecule has 1 aromatic carbocycles. The molecule has 10 heteroatoms. The van der Waals surface area contributed by atoms with Crippen molar-refractivity contribution in [2.45, 2.75) is 25.4 Å². The van der Waals surface area contributed by atoms with Crippen LogP contribution in [-0.4, -0.2) is 41.7 Å². The van der Waals surface area contributed by atoms with Crippen LogP contribution in [0.5, 0.6) is 0 Å². The summed E-state index contributed by atoms with van der Waals surface area (Å²) in [6.07, 6.45) is -0.134. The van der Waals surface area contributed by atoms with Gasteiger partial charge in [0.1, 0.15) is 0 Å². The van der Waals surface area contributed by atoms with Crippen molar-refractivity contribution in [3.05, 3.63) is 42.0 Å². The Hall–Kier alpha value is -3.17. The van der Waals surface area contributed by atoms with E-state index in [1.807, 2.05) is 12.2 Å². The first-order valence-corrected chi connectivity index (χ1v) is 9.30. The van der Waals surface area contributed by atoms with E-state index < -0.39 is 42.1 Å². The van der Waals surface area contributed by atoms with Crippen LogP contribution in [0.3, 0.4) is 0 Å². The lowest BCUT2D eigenvalue weighted by molar-refractivity contribution is -0.148. The second kappa shape index (κ2) is 8.68. The average Bonchev–Trinajstić information content (AvgIpc) is 2.95. The third-order valence-corrected chi connectivity index (χ3v) is 4.98.